The number of carbonyl (C=O) groups excluding carboxylic acids is 1. The molecule has 154 valence electrons. The topological polar surface area (TPSA) is 73.9 Å². The van der Waals surface area contributed by atoms with Gasteiger partial charge in [-0.05, 0) is 43.4 Å². The third-order valence-electron chi connectivity index (χ3n) is 5.30. The fourth-order valence-electron chi connectivity index (χ4n) is 3.70. The van der Waals surface area contributed by atoms with E-state index >= 15 is 0 Å². The quantitative estimate of drug-likeness (QED) is 0.404. The van der Waals surface area contributed by atoms with Crippen molar-refractivity contribution in [1.29, 1.82) is 0 Å². The molecule has 30 heavy (non-hydrogen) atoms. The van der Waals surface area contributed by atoms with E-state index in [-0.39, 0.29) is 11.9 Å². The Balaban J connectivity index is 1.46. The van der Waals surface area contributed by atoms with Crippen LogP contribution in [0.25, 0.3) is 21.1 Å². The molecular weight excluding hydrogens is 394 g/mol. The van der Waals surface area contributed by atoms with E-state index in [0.717, 1.165) is 44.7 Å². The number of aryl methyl sites for hydroxylation is 1. The third-order valence-corrected chi connectivity index (χ3v) is 6.41. The number of aromatic nitrogens is 3. The average Bonchev–Trinajstić information content (AvgIpc) is 3.39. The molecular formula is C23H25N5OS. The first-order chi connectivity index (χ1) is 14.6. The first-order valence-electron chi connectivity index (χ1n) is 10.1. The lowest BCUT2D eigenvalue weighted by molar-refractivity contribution is 0.0766. The highest BCUT2D eigenvalue weighted by atomic mass is 32.1. The van der Waals surface area contributed by atoms with Gasteiger partial charge in [-0.1, -0.05) is 31.2 Å². The van der Waals surface area contributed by atoms with Crippen LogP contribution in [0, 0.1) is 6.92 Å². The number of amides is 1. The first-order valence-corrected chi connectivity index (χ1v) is 10.9. The summed E-state index contributed by atoms with van der Waals surface area (Å²) in [4.78, 5) is 27.4. The van der Waals surface area contributed by atoms with Crippen LogP contribution in [0.2, 0.25) is 0 Å². The van der Waals surface area contributed by atoms with Gasteiger partial charge < -0.3 is 15.2 Å². The van der Waals surface area contributed by atoms with Crippen molar-refractivity contribution < 1.29 is 4.79 Å². The SMILES string of the molecule is C=CN(C(=O)c1cc2cc(C)ccc2s1)C(CC)CCNc1ncnc2[nH]ccc12. The van der Waals surface area contributed by atoms with Crippen LogP contribution in [-0.2, 0) is 0 Å². The highest BCUT2D eigenvalue weighted by molar-refractivity contribution is 7.20. The lowest BCUT2D eigenvalue weighted by Crippen LogP contribution is -2.36. The number of carbonyl (C=O) groups is 1. The van der Waals surface area contributed by atoms with Gasteiger partial charge in [0.15, 0.2) is 0 Å². The molecule has 0 spiro atoms. The molecule has 2 N–H and O–H groups in total. The minimum Gasteiger partial charge on any atom is -0.369 e. The van der Waals surface area contributed by atoms with Gasteiger partial charge in [-0.3, -0.25) is 4.79 Å². The minimum absolute atomic E-state index is 0.00534. The van der Waals surface area contributed by atoms with Crippen LogP contribution in [0.1, 0.15) is 35.0 Å². The zero-order chi connectivity index (χ0) is 21.1. The molecule has 0 radical (unpaired) electrons. The molecule has 4 aromatic rings. The summed E-state index contributed by atoms with van der Waals surface area (Å²) in [5.41, 5.74) is 2.00. The van der Waals surface area contributed by atoms with E-state index < -0.39 is 0 Å². The van der Waals surface area contributed by atoms with E-state index in [2.05, 4.69) is 58.9 Å². The summed E-state index contributed by atoms with van der Waals surface area (Å²) < 4.78 is 1.13. The number of H-pyrrole nitrogens is 1. The maximum absolute atomic E-state index is 13.2. The predicted octanol–water partition coefficient (Wildman–Crippen LogP) is 5.35. The lowest BCUT2D eigenvalue weighted by Gasteiger charge is -2.27. The normalized spacial score (nSPS) is 12.2. The van der Waals surface area contributed by atoms with Crippen molar-refractivity contribution >= 4 is 44.2 Å². The zero-order valence-corrected chi connectivity index (χ0v) is 18.0. The Kier molecular flexibility index (Phi) is 5.81. The molecule has 7 heteroatoms. The molecule has 1 atom stereocenters. The van der Waals surface area contributed by atoms with Crippen molar-refractivity contribution in [2.24, 2.45) is 0 Å². The maximum atomic E-state index is 13.2. The van der Waals surface area contributed by atoms with Gasteiger partial charge in [0.1, 0.15) is 17.8 Å². The number of rotatable bonds is 8. The van der Waals surface area contributed by atoms with E-state index in [1.807, 2.05) is 18.3 Å². The van der Waals surface area contributed by atoms with Crippen molar-refractivity contribution in [2.75, 3.05) is 11.9 Å². The number of aromatic amines is 1. The van der Waals surface area contributed by atoms with Crippen molar-refractivity contribution in [3.8, 4) is 0 Å². The minimum atomic E-state index is 0.00534. The van der Waals surface area contributed by atoms with E-state index in [1.54, 1.807) is 17.4 Å². The summed E-state index contributed by atoms with van der Waals surface area (Å²) >= 11 is 1.53. The Hall–Kier alpha value is -3.19. The summed E-state index contributed by atoms with van der Waals surface area (Å²) in [5, 5.41) is 5.46. The number of hydrogen-bond acceptors (Lipinski definition) is 5. The van der Waals surface area contributed by atoms with Crippen LogP contribution in [-0.4, -0.2) is 38.3 Å². The number of nitrogens with one attached hydrogen (secondary N) is 2. The van der Waals surface area contributed by atoms with Crippen molar-refractivity contribution in [3.05, 3.63) is 66.1 Å². The van der Waals surface area contributed by atoms with Gasteiger partial charge in [0.25, 0.3) is 5.91 Å². The van der Waals surface area contributed by atoms with Crippen LogP contribution in [0.4, 0.5) is 5.82 Å². The molecule has 0 aliphatic heterocycles. The number of fused-ring (bicyclic) bond motifs is 2. The van der Waals surface area contributed by atoms with Gasteiger partial charge in [-0.2, -0.15) is 0 Å². The first kappa shape index (κ1) is 20.1. The molecule has 4 rings (SSSR count). The molecule has 0 fully saturated rings. The lowest BCUT2D eigenvalue weighted by atomic mass is 10.1. The molecule has 0 bridgehead atoms. The number of benzene rings is 1. The molecule has 6 nitrogen and oxygen atoms in total. The largest absolute Gasteiger partial charge is 0.369 e. The van der Waals surface area contributed by atoms with Crippen LogP contribution >= 0.6 is 11.3 Å². The van der Waals surface area contributed by atoms with E-state index in [9.17, 15) is 4.79 Å². The Morgan fingerprint density at radius 1 is 1.33 bits per heavy atom. The maximum Gasteiger partial charge on any atom is 0.268 e. The van der Waals surface area contributed by atoms with Crippen molar-refractivity contribution in [3.63, 3.8) is 0 Å². The summed E-state index contributed by atoms with van der Waals surface area (Å²) in [6, 6.07) is 10.3. The summed E-state index contributed by atoms with van der Waals surface area (Å²) in [5.74, 6) is 0.804. The highest BCUT2D eigenvalue weighted by Gasteiger charge is 2.23. The van der Waals surface area contributed by atoms with Gasteiger partial charge in [0.05, 0.1) is 10.3 Å². The molecule has 0 saturated heterocycles. The Labute approximate surface area is 179 Å². The van der Waals surface area contributed by atoms with Crippen molar-refractivity contribution in [2.45, 2.75) is 32.7 Å². The molecule has 0 aliphatic carbocycles. The van der Waals surface area contributed by atoms with Crippen LogP contribution in [0.3, 0.4) is 0 Å². The van der Waals surface area contributed by atoms with Gasteiger partial charge in [-0.25, -0.2) is 9.97 Å². The fourth-order valence-corrected chi connectivity index (χ4v) is 4.69. The highest BCUT2D eigenvalue weighted by Crippen LogP contribution is 2.28. The molecule has 0 aliphatic rings. The Morgan fingerprint density at radius 2 is 2.20 bits per heavy atom. The van der Waals surface area contributed by atoms with Gasteiger partial charge in [0, 0.05) is 29.7 Å². The van der Waals surface area contributed by atoms with Crippen LogP contribution in [0.15, 0.2) is 55.6 Å². The van der Waals surface area contributed by atoms with Crippen molar-refractivity contribution in [1.82, 2.24) is 19.9 Å². The monoisotopic (exact) mass is 419 g/mol. The van der Waals surface area contributed by atoms with E-state index in [4.69, 9.17) is 0 Å². The zero-order valence-electron chi connectivity index (χ0n) is 17.2. The summed E-state index contributed by atoms with van der Waals surface area (Å²) in [7, 11) is 0. The second-order valence-electron chi connectivity index (χ2n) is 7.29. The van der Waals surface area contributed by atoms with E-state index in [0.29, 0.717) is 6.54 Å². The summed E-state index contributed by atoms with van der Waals surface area (Å²) in [6.45, 7) is 8.76. The third kappa shape index (κ3) is 3.93. The van der Waals surface area contributed by atoms with Gasteiger partial charge in [-0.15, -0.1) is 11.3 Å². The smallest absolute Gasteiger partial charge is 0.268 e. The fraction of sp³-hybridized carbons (Fsp3) is 0.261. The number of nitrogens with zero attached hydrogens (tertiary/aromatic N) is 3. The molecule has 3 aromatic heterocycles. The Morgan fingerprint density at radius 3 is 3.00 bits per heavy atom. The standard InChI is InChI=1S/C23H25N5OS/c1-4-17(8-10-24-21-18-9-11-25-22(18)27-14-26-21)28(5-2)23(29)20-13-16-12-15(3)6-7-19(16)30-20/h5-7,9,11-14,17H,2,4,8,10H2,1,3H3,(H2,24,25,26,27). The number of anilines is 1. The van der Waals surface area contributed by atoms with E-state index in [1.165, 1.54) is 16.9 Å². The number of hydrogen-bond donors (Lipinski definition) is 2. The van der Waals surface area contributed by atoms with Gasteiger partial charge in [0.2, 0.25) is 0 Å². The predicted molar refractivity (Wildman–Crippen MR) is 124 cm³/mol. The van der Waals surface area contributed by atoms with Gasteiger partial charge >= 0.3 is 0 Å². The van der Waals surface area contributed by atoms with Crippen LogP contribution < -0.4 is 5.32 Å². The molecule has 1 aromatic carbocycles. The summed E-state index contributed by atoms with van der Waals surface area (Å²) in [6.07, 6.45) is 6.67. The van der Waals surface area contributed by atoms with Crippen LogP contribution in [0.5, 0.6) is 0 Å². The average molecular weight is 420 g/mol. The second kappa shape index (κ2) is 8.67. The molecule has 3 heterocycles. The number of thiophene rings is 1. The molecule has 0 saturated carbocycles. The molecule has 1 unspecified atom stereocenters. The molecule has 1 amide bonds. The second-order valence-corrected chi connectivity index (χ2v) is 8.37. The Bertz CT molecular complexity index is 1190.